The van der Waals surface area contributed by atoms with Gasteiger partial charge in [-0.15, -0.1) is 24.0 Å². The van der Waals surface area contributed by atoms with E-state index in [9.17, 15) is 4.39 Å². The number of halogens is 2. The quantitative estimate of drug-likeness (QED) is 0.296. The summed E-state index contributed by atoms with van der Waals surface area (Å²) in [6, 6.07) is 11.0. The van der Waals surface area contributed by atoms with E-state index < -0.39 is 0 Å². The van der Waals surface area contributed by atoms with Gasteiger partial charge in [0, 0.05) is 44.1 Å². The van der Waals surface area contributed by atoms with Gasteiger partial charge in [-0.05, 0) is 43.0 Å². The second kappa shape index (κ2) is 9.55. The molecule has 0 radical (unpaired) electrons. The minimum Gasteiger partial charge on any atom is -0.356 e. The van der Waals surface area contributed by atoms with Gasteiger partial charge in [-0.3, -0.25) is 9.56 Å². The zero-order valence-corrected chi connectivity index (χ0v) is 19.4. The second-order valence-corrected chi connectivity index (χ2v) is 7.41. The minimum absolute atomic E-state index is 0. The number of pyridine rings is 1. The first kappa shape index (κ1) is 22.2. The van der Waals surface area contributed by atoms with E-state index in [1.165, 1.54) is 6.07 Å². The van der Waals surface area contributed by atoms with Crippen LogP contribution in [0.5, 0.6) is 0 Å². The van der Waals surface area contributed by atoms with Gasteiger partial charge in [0.15, 0.2) is 5.96 Å². The molecule has 0 amide bonds. The smallest absolute Gasteiger partial charge is 0.191 e. The molecule has 0 bridgehead atoms. The second-order valence-electron chi connectivity index (χ2n) is 7.41. The Morgan fingerprint density at radius 1 is 1.17 bits per heavy atom. The van der Waals surface area contributed by atoms with Crippen LogP contribution >= 0.6 is 24.0 Å². The number of hydrogen-bond donors (Lipinski definition) is 2. The molecular formula is C22H26FIN6. The highest BCUT2D eigenvalue weighted by atomic mass is 127. The van der Waals surface area contributed by atoms with E-state index in [4.69, 9.17) is 0 Å². The maximum absolute atomic E-state index is 14.2. The van der Waals surface area contributed by atoms with Crippen LogP contribution in [0.4, 0.5) is 4.39 Å². The van der Waals surface area contributed by atoms with Crippen molar-refractivity contribution in [2.75, 3.05) is 13.6 Å². The van der Waals surface area contributed by atoms with Crippen LogP contribution in [0.1, 0.15) is 29.8 Å². The van der Waals surface area contributed by atoms with Crippen molar-refractivity contribution in [1.82, 2.24) is 25.2 Å². The first-order chi connectivity index (χ1) is 14.1. The Balaban J connectivity index is 0.00000256. The fourth-order valence-corrected chi connectivity index (χ4v) is 3.53. The van der Waals surface area contributed by atoms with Gasteiger partial charge in [-0.25, -0.2) is 14.4 Å². The predicted octanol–water partition coefficient (Wildman–Crippen LogP) is 3.73. The Kier molecular flexibility index (Phi) is 7.06. The van der Waals surface area contributed by atoms with Crippen LogP contribution in [0.15, 0.2) is 60.0 Å². The highest BCUT2D eigenvalue weighted by Crippen LogP contribution is 2.48. The third-order valence-electron chi connectivity index (χ3n) is 5.46. The Morgan fingerprint density at radius 3 is 2.57 bits per heavy atom. The van der Waals surface area contributed by atoms with Gasteiger partial charge >= 0.3 is 0 Å². The molecule has 6 nitrogen and oxygen atoms in total. The lowest BCUT2D eigenvalue weighted by Crippen LogP contribution is -2.41. The van der Waals surface area contributed by atoms with Crippen LogP contribution in [-0.2, 0) is 12.0 Å². The highest BCUT2D eigenvalue weighted by molar-refractivity contribution is 14.0. The average molecular weight is 520 g/mol. The SMILES string of the molecule is CN=C(NCc1ccc(-n2ccnc2C)nc1)NCC1(c2ccccc2F)CC1.I. The number of aliphatic imine (C=N–C) groups is 1. The van der Waals surface area contributed by atoms with E-state index in [-0.39, 0.29) is 35.2 Å². The summed E-state index contributed by atoms with van der Waals surface area (Å²) in [5.74, 6) is 2.31. The molecule has 0 aliphatic heterocycles. The first-order valence-corrected chi connectivity index (χ1v) is 9.76. The summed E-state index contributed by atoms with van der Waals surface area (Å²) in [5, 5.41) is 6.65. The van der Waals surface area contributed by atoms with Gasteiger partial charge in [-0.1, -0.05) is 24.3 Å². The van der Waals surface area contributed by atoms with Gasteiger partial charge in [0.2, 0.25) is 0 Å². The summed E-state index contributed by atoms with van der Waals surface area (Å²) in [6.07, 6.45) is 7.46. The Morgan fingerprint density at radius 2 is 1.97 bits per heavy atom. The van der Waals surface area contributed by atoms with Crippen LogP contribution in [-0.4, -0.2) is 34.1 Å². The largest absolute Gasteiger partial charge is 0.356 e. The van der Waals surface area contributed by atoms with Gasteiger partial charge in [0.05, 0.1) is 0 Å². The van der Waals surface area contributed by atoms with Crippen molar-refractivity contribution in [2.45, 2.75) is 31.7 Å². The van der Waals surface area contributed by atoms with Crippen molar-refractivity contribution in [3.8, 4) is 5.82 Å². The molecule has 30 heavy (non-hydrogen) atoms. The number of aromatic nitrogens is 3. The number of imidazole rings is 1. The Bertz CT molecular complexity index is 1010. The third kappa shape index (κ3) is 4.80. The minimum atomic E-state index is -0.131. The molecular weight excluding hydrogens is 494 g/mol. The van der Waals surface area contributed by atoms with E-state index in [1.807, 2.05) is 48.1 Å². The van der Waals surface area contributed by atoms with E-state index in [0.29, 0.717) is 19.0 Å². The van der Waals surface area contributed by atoms with Crippen LogP contribution < -0.4 is 10.6 Å². The maximum Gasteiger partial charge on any atom is 0.191 e. The Hall–Kier alpha value is -2.49. The molecule has 0 atom stereocenters. The van der Waals surface area contributed by atoms with Crippen LogP contribution in [0.25, 0.3) is 5.82 Å². The lowest BCUT2D eigenvalue weighted by Gasteiger charge is -2.19. The molecule has 1 saturated carbocycles. The van der Waals surface area contributed by atoms with Crippen molar-refractivity contribution in [3.05, 3.63) is 77.8 Å². The molecule has 1 aliphatic rings. The lowest BCUT2D eigenvalue weighted by atomic mass is 9.95. The van der Waals surface area contributed by atoms with Crippen molar-refractivity contribution in [2.24, 2.45) is 4.99 Å². The molecule has 1 fully saturated rings. The molecule has 4 rings (SSSR count). The molecule has 8 heteroatoms. The highest BCUT2D eigenvalue weighted by Gasteiger charge is 2.45. The topological polar surface area (TPSA) is 67.1 Å². The van der Waals surface area contributed by atoms with Gasteiger partial charge in [-0.2, -0.15) is 0 Å². The molecule has 2 aromatic heterocycles. The zero-order valence-electron chi connectivity index (χ0n) is 17.1. The summed E-state index contributed by atoms with van der Waals surface area (Å²) in [7, 11) is 1.74. The molecule has 0 saturated heterocycles. The van der Waals surface area contributed by atoms with Crippen LogP contribution in [0.3, 0.4) is 0 Å². The molecule has 0 spiro atoms. The zero-order chi connectivity index (χ0) is 20.3. The van der Waals surface area contributed by atoms with E-state index >= 15 is 0 Å². The normalized spacial score (nSPS) is 14.7. The summed E-state index contributed by atoms with van der Waals surface area (Å²) < 4.78 is 16.1. The van der Waals surface area contributed by atoms with E-state index in [0.717, 1.165) is 35.6 Å². The summed E-state index contributed by atoms with van der Waals surface area (Å²) in [6.45, 7) is 3.20. The lowest BCUT2D eigenvalue weighted by molar-refractivity contribution is 0.559. The number of rotatable bonds is 6. The van der Waals surface area contributed by atoms with Crippen molar-refractivity contribution in [1.29, 1.82) is 0 Å². The third-order valence-corrected chi connectivity index (χ3v) is 5.46. The summed E-state index contributed by atoms with van der Waals surface area (Å²) in [5.41, 5.74) is 1.71. The van der Waals surface area contributed by atoms with Gasteiger partial charge in [0.1, 0.15) is 17.5 Å². The fourth-order valence-electron chi connectivity index (χ4n) is 3.53. The Labute approximate surface area is 193 Å². The number of nitrogens with one attached hydrogen (secondary N) is 2. The van der Waals surface area contributed by atoms with Crippen molar-refractivity contribution >= 4 is 29.9 Å². The van der Waals surface area contributed by atoms with Crippen molar-refractivity contribution < 1.29 is 4.39 Å². The molecule has 1 aromatic carbocycles. The first-order valence-electron chi connectivity index (χ1n) is 9.76. The fraction of sp³-hybridized carbons (Fsp3) is 0.318. The average Bonchev–Trinajstić information content (AvgIpc) is 3.41. The monoisotopic (exact) mass is 520 g/mol. The van der Waals surface area contributed by atoms with Gasteiger partial charge in [0.25, 0.3) is 0 Å². The molecule has 1 aliphatic carbocycles. The maximum atomic E-state index is 14.2. The molecule has 158 valence electrons. The number of guanidine groups is 1. The number of aryl methyl sites for hydroxylation is 1. The molecule has 2 N–H and O–H groups in total. The number of benzene rings is 1. The standard InChI is InChI=1S/C22H25FN6.HI/c1-16-25-11-12-29(16)20-8-7-17(13-26-20)14-27-21(24-2)28-15-22(9-10-22)18-5-3-4-6-19(18)23;/h3-8,11-13H,9-10,14-15H2,1-2H3,(H2,24,27,28);1H. The van der Waals surface area contributed by atoms with Crippen LogP contribution in [0.2, 0.25) is 0 Å². The van der Waals surface area contributed by atoms with E-state index in [1.54, 1.807) is 19.3 Å². The molecule has 2 heterocycles. The van der Waals surface area contributed by atoms with Crippen molar-refractivity contribution in [3.63, 3.8) is 0 Å². The van der Waals surface area contributed by atoms with Gasteiger partial charge < -0.3 is 10.6 Å². The molecule has 3 aromatic rings. The van der Waals surface area contributed by atoms with Crippen LogP contribution in [0, 0.1) is 12.7 Å². The van der Waals surface area contributed by atoms with E-state index in [2.05, 4.69) is 25.6 Å². The summed E-state index contributed by atoms with van der Waals surface area (Å²) in [4.78, 5) is 13.0. The summed E-state index contributed by atoms with van der Waals surface area (Å²) >= 11 is 0. The number of hydrogen-bond acceptors (Lipinski definition) is 3. The molecule has 0 unspecified atom stereocenters. The predicted molar refractivity (Wildman–Crippen MR) is 127 cm³/mol. The number of nitrogens with zero attached hydrogens (tertiary/aromatic N) is 4.